The van der Waals surface area contributed by atoms with Crippen LogP contribution in [0.25, 0.3) is 22.3 Å². The first-order valence-corrected chi connectivity index (χ1v) is 40.1. The molecule has 0 spiro atoms. The highest BCUT2D eigenvalue weighted by Gasteiger charge is 2.52. The van der Waals surface area contributed by atoms with E-state index >= 15 is 0 Å². The molecule has 12 heterocycles. The number of nitrogens with one attached hydrogen (secondary N) is 4. The van der Waals surface area contributed by atoms with Gasteiger partial charge in [-0.15, -0.1) is 0 Å². The number of nitrogens with zero attached hydrogens (tertiary/aromatic N) is 11. The highest BCUT2D eigenvalue weighted by molar-refractivity contribution is 9.10. The van der Waals surface area contributed by atoms with Gasteiger partial charge in [-0.1, -0.05) is 23.2 Å². The Labute approximate surface area is 710 Å². The predicted octanol–water partition coefficient (Wildman–Crippen LogP) is 15.5. The van der Waals surface area contributed by atoms with E-state index in [9.17, 15) is 28.0 Å². The van der Waals surface area contributed by atoms with Crippen LogP contribution in [0, 0.1) is 11.9 Å². The van der Waals surface area contributed by atoms with Crippen LogP contribution in [0.5, 0.6) is 23.5 Å². The largest absolute Gasteiger partial charge is 0.495 e. The number of ether oxygens (including phenoxy) is 8. The highest BCUT2D eigenvalue weighted by Crippen LogP contribution is 2.38. The van der Waals surface area contributed by atoms with Crippen molar-refractivity contribution in [2.45, 2.75) is 194 Å². The summed E-state index contributed by atoms with van der Waals surface area (Å²) < 4.78 is 81.1. The summed E-state index contributed by atoms with van der Waals surface area (Å²) in [6.45, 7) is 35.1. The number of pyridine rings is 7. The number of methoxy groups -OCH3 is 4. The van der Waals surface area contributed by atoms with Crippen LogP contribution in [0.15, 0.2) is 109 Å². The minimum Gasteiger partial charge on any atom is -0.480 e. The van der Waals surface area contributed by atoms with Gasteiger partial charge in [-0.3, -0.25) is 0 Å². The molecule has 7 aromatic rings. The fourth-order valence-electron chi connectivity index (χ4n) is 11.9. The molecule has 4 atom stereocenters. The molecule has 36 heteroatoms. The Morgan fingerprint density at radius 2 is 0.822 bits per heavy atom. The molecule has 644 valence electrons. The predicted molar refractivity (Wildman–Crippen MR) is 457 cm³/mol. The maximum atomic E-state index is 13.4. The van der Waals surface area contributed by atoms with Crippen LogP contribution in [0.1, 0.15) is 136 Å². The molecule has 6 N–H and O–H groups in total. The van der Waals surface area contributed by atoms with Crippen LogP contribution in [0.3, 0.4) is 0 Å². The van der Waals surface area contributed by atoms with Crippen LogP contribution in [-0.2, 0) is 28.3 Å². The third kappa shape index (κ3) is 30.3. The minimum absolute atomic E-state index is 0.0349. The fourth-order valence-corrected chi connectivity index (χ4v) is 12.9. The molecule has 30 nitrogen and oxygen atoms in total. The van der Waals surface area contributed by atoms with E-state index in [0.29, 0.717) is 96.1 Å². The molecule has 4 unspecified atom stereocenters. The number of aromatic nitrogens is 7. The van der Waals surface area contributed by atoms with E-state index in [4.69, 9.17) is 76.1 Å². The Kier molecular flexibility index (Phi) is 34.3. The normalized spacial score (nSPS) is 17.8. The molecule has 5 saturated heterocycles. The van der Waals surface area contributed by atoms with Crippen molar-refractivity contribution in [3.63, 3.8) is 0 Å². The average Bonchev–Trinajstić information content (AvgIpc) is 1.61. The lowest BCUT2D eigenvalue weighted by molar-refractivity contribution is 0.00578. The molecule has 0 bridgehead atoms. The molecule has 0 saturated carbocycles. The number of nitrogens with two attached hydrogens (primary N) is 1. The third-order valence-electron chi connectivity index (χ3n) is 18.2. The van der Waals surface area contributed by atoms with Crippen LogP contribution >= 0.6 is 39.1 Å². The van der Waals surface area contributed by atoms with E-state index in [1.165, 1.54) is 36.9 Å². The summed E-state index contributed by atoms with van der Waals surface area (Å²) in [6.07, 6.45) is 13.2. The van der Waals surface area contributed by atoms with E-state index in [-0.39, 0.29) is 48.5 Å². The van der Waals surface area contributed by atoms with Crippen molar-refractivity contribution in [3.8, 4) is 45.8 Å². The monoisotopic (exact) mass is 1740 g/mol. The number of carbonyl (C=O) groups is 4. The summed E-state index contributed by atoms with van der Waals surface area (Å²) in [5.41, 5.74) is 9.19. The molecular formula is C82H114BBrCl2F2N16O14. The molecule has 0 radical (unpaired) electrons. The van der Waals surface area contributed by atoms with Gasteiger partial charge in [0.25, 0.3) is 0 Å². The van der Waals surface area contributed by atoms with Gasteiger partial charge in [0.1, 0.15) is 28.2 Å². The van der Waals surface area contributed by atoms with Gasteiger partial charge in [-0.05, 0) is 224 Å². The fraction of sp³-hybridized carbons (Fsp3) is 0.524. The van der Waals surface area contributed by atoms with Crippen LogP contribution in [0.2, 0.25) is 10.0 Å². The second-order valence-electron chi connectivity index (χ2n) is 33.1. The second-order valence-corrected chi connectivity index (χ2v) is 34.8. The lowest BCUT2D eigenvalue weighted by atomic mass is 9.80. The van der Waals surface area contributed by atoms with Crippen molar-refractivity contribution in [1.82, 2.24) is 54.5 Å². The van der Waals surface area contributed by atoms with E-state index < -0.39 is 52.6 Å². The molecule has 7 aromatic heterocycles. The van der Waals surface area contributed by atoms with Crippen molar-refractivity contribution in [2.24, 2.45) is 5.73 Å². The van der Waals surface area contributed by atoms with Gasteiger partial charge in [0.2, 0.25) is 35.4 Å². The first-order valence-electron chi connectivity index (χ1n) is 38.6. The van der Waals surface area contributed by atoms with Gasteiger partial charge in [0.05, 0.1) is 71.2 Å². The zero-order valence-corrected chi connectivity index (χ0v) is 74.4. The Morgan fingerprint density at radius 1 is 0.475 bits per heavy atom. The van der Waals surface area contributed by atoms with Gasteiger partial charge in [-0.25, -0.2) is 54.1 Å². The summed E-state index contributed by atoms with van der Waals surface area (Å²) in [6, 6.07) is 17.7. The molecule has 0 aliphatic carbocycles. The van der Waals surface area contributed by atoms with E-state index in [1.54, 1.807) is 90.9 Å². The van der Waals surface area contributed by atoms with Gasteiger partial charge < -0.3 is 93.8 Å². The average molecular weight is 1750 g/mol. The third-order valence-corrected chi connectivity index (χ3v) is 19.2. The van der Waals surface area contributed by atoms with Gasteiger partial charge in [0, 0.05) is 144 Å². The van der Waals surface area contributed by atoms with Crippen molar-refractivity contribution >= 4 is 99.0 Å². The maximum Gasteiger partial charge on any atom is 0.495 e. The van der Waals surface area contributed by atoms with Gasteiger partial charge >= 0.3 is 31.5 Å². The summed E-state index contributed by atoms with van der Waals surface area (Å²) in [7, 11) is 7.57. The molecule has 5 fully saturated rings. The first-order chi connectivity index (χ1) is 55.3. The Balaban J connectivity index is 0.000000202. The number of anilines is 4. The van der Waals surface area contributed by atoms with Crippen molar-refractivity contribution < 1.29 is 75.2 Å². The Morgan fingerprint density at radius 3 is 1.19 bits per heavy atom. The quantitative estimate of drug-likeness (QED) is 0.0383. The molecular weight excluding hydrogens is 1630 g/mol. The minimum atomic E-state index is -0.549. The van der Waals surface area contributed by atoms with Crippen molar-refractivity contribution in [1.29, 1.82) is 0 Å². The topological polar surface area (TPSA) is 338 Å². The zero-order chi connectivity index (χ0) is 87.3. The lowest BCUT2D eigenvalue weighted by Gasteiger charge is -2.32. The number of likely N-dealkylation sites (tertiary alicyclic amines) is 4. The number of hydrogen-bond acceptors (Lipinski definition) is 26. The molecule has 5 aliphatic heterocycles. The van der Waals surface area contributed by atoms with E-state index in [0.717, 1.165) is 70.6 Å². The van der Waals surface area contributed by atoms with Gasteiger partial charge in [0.15, 0.2) is 0 Å². The Hall–Kier alpha value is -9.61. The van der Waals surface area contributed by atoms with E-state index in [1.807, 2.05) is 142 Å². The van der Waals surface area contributed by atoms with Crippen LogP contribution in [0.4, 0.5) is 50.8 Å². The second kappa shape index (κ2) is 42.4. The molecule has 118 heavy (non-hydrogen) atoms. The highest BCUT2D eigenvalue weighted by atomic mass is 79.9. The molecule has 0 aromatic carbocycles. The maximum absolute atomic E-state index is 13.4. The van der Waals surface area contributed by atoms with Crippen molar-refractivity contribution in [2.75, 3.05) is 109 Å². The van der Waals surface area contributed by atoms with Gasteiger partial charge in [-0.2, -0.15) is 8.78 Å². The molecule has 5 aliphatic rings. The standard InChI is InChI=1S/C21H29N5O3.C20H25FN4O3.C15H22ClN3O3.C11H15BFNO2.C9H18N2O2.C6H5BrClNO/c1-21(2,3)29-20(27)26-9-7-16(13-26)25-17-10-15(12-24-19(17)28-5)14-6-8-23-18(11-14)22-4;1-20(2,3)28-19(26)25-8-6-15(12-25)24-16-9-14(11-23-18(16)27-4)13-5-7-22-17(21)10-13;1-15(2,3)22-14(20)19-6-5-11(9-19)18-12-7-10(16)8-17-13(12)21-4;1-10(2)11(3,4)16-12(15-10)8-5-6-14-9(13)7-8;1-9(2,3)13-8(12)11-5-4-7(10)6-11;1-10-6-5(7)2-4(8)3-9-6/h6,8,10-12,16,25H,7,9,13H2,1-5H3,(H,22,23);5,7,9-11,15,24H,6,8,12H2,1-4H3;7-8,11,18H,5-6,9H2,1-4H3;5-7H,1-4H3;7H,4-6,10H2,1-3H3;2-3H,1H3. The van der Waals surface area contributed by atoms with Crippen molar-refractivity contribution in [3.05, 3.63) is 130 Å². The number of rotatable bonds is 14. The Bertz CT molecular complexity index is 4470. The number of halogens is 5. The number of carbonyl (C=O) groups excluding carboxylic acids is 4. The number of hydrogen-bond donors (Lipinski definition) is 5. The van der Waals surface area contributed by atoms with Crippen LogP contribution in [-0.4, -0.2) is 232 Å². The summed E-state index contributed by atoms with van der Waals surface area (Å²) in [4.78, 5) is 83.0. The molecule has 12 rings (SSSR count). The summed E-state index contributed by atoms with van der Waals surface area (Å²) >= 11 is 14.8. The summed E-state index contributed by atoms with van der Waals surface area (Å²) in [5, 5.41) is 14.4. The SMILES string of the molecule is CC(C)(C)OC(=O)N1CCC(N)C1.CC1(C)OB(c2ccnc(F)c2)OC1(C)C.CNc1cc(-c2cnc(OC)c(NC3CCN(C(=O)OC(C)(C)C)C3)c2)ccn1.COc1ncc(-c2ccnc(F)c2)cc1NC1CCN(C(=O)OC(C)(C)C)C1.COc1ncc(Cl)cc1Br.COc1ncc(Cl)cc1NC1CCN(C(=O)OC(C)(C)C)C1. The lowest BCUT2D eigenvalue weighted by Crippen LogP contribution is -2.41. The number of amides is 4. The zero-order valence-electron chi connectivity index (χ0n) is 71.3. The molecule has 4 amide bonds. The van der Waals surface area contributed by atoms with E-state index in [2.05, 4.69) is 72.1 Å². The summed E-state index contributed by atoms with van der Waals surface area (Å²) in [5.74, 6) is 1.71. The smallest absolute Gasteiger partial charge is 0.480 e. The van der Waals surface area contributed by atoms with Crippen LogP contribution < -0.4 is 51.4 Å². The first kappa shape index (κ1) is 95.5.